The van der Waals surface area contributed by atoms with Gasteiger partial charge >= 0.3 is 0 Å². The van der Waals surface area contributed by atoms with Gasteiger partial charge in [0.2, 0.25) is 0 Å². The van der Waals surface area contributed by atoms with Crippen LogP contribution in [0.3, 0.4) is 0 Å². The second kappa shape index (κ2) is 5.21. The van der Waals surface area contributed by atoms with Crippen LogP contribution >= 0.6 is 0 Å². The molecule has 0 saturated heterocycles. The lowest BCUT2D eigenvalue weighted by Crippen LogP contribution is -2.52. The summed E-state index contributed by atoms with van der Waals surface area (Å²) in [6, 6.07) is 0. The molecular weight excluding hydrogens is 268 g/mol. The molecule has 22 heavy (non-hydrogen) atoms. The molecule has 0 aromatic heterocycles. The highest BCUT2D eigenvalue weighted by molar-refractivity contribution is 5.79. The Morgan fingerprint density at radius 2 is 1.95 bits per heavy atom. The molecule has 7 atom stereocenters. The third-order valence-corrected chi connectivity index (χ3v) is 8.38. The predicted octanol–water partition coefficient (Wildman–Crippen LogP) is 5.40. The monoisotopic (exact) mass is 300 g/mol. The van der Waals surface area contributed by atoms with Gasteiger partial charge in [-0.15, -0.1) is 0 Å². The van der Waals surface area contributed by atoms with Gasteiger partial charge in [0.15, 0.2) is 0 Å². The van der Waals surface area contributed by atoms with E-state index in [9.17, 15) is 4.79 Å². The average Bonchev–Trinajstić information content (AvgIpc) is 2.94. The SMILES string of the molecule is CC=C1CCC2C3CCC4CC(=O)CC[C@]4(C)C3C[C@@H](C)C12. The van der Waals surface area contributed by atoms with E-state index in [0.29, 0.717) is 17.1 Å². The molecule has 4 rings (SSSR count). The maximum atomic E-state index is 11.9. The van der Waals surface area contributed by atoms with E-state index in [-0.39, 0.29) is 0 Å². The number of Topliss-reactive ketones (excluding diaryl/α,β-unsaturated/α-hetero) is 1. The molecule has 4 aliphatic rings. The number of hydrogen-bond acceptors (Lipinski definition) is 1. The Morgan fingerprint density at radius 3 is 2.73 bits per heavy atom. The third kappa shape index (κ3) is 2.00. The fourth-order valence-corrected chi connectivity index (χ4v) is 7.29. The molecule has 0 aromatic rings. The van der Waals surface area contributed by atoms with Crippen molar-refractivity contribution in [1.82, 2.24) is 0 Å². The fourth-order valence-electron chi connectivity index (χ4n) is 7.29. The average molecular weight is 300 g/mol. The molecule has 0 N–H and O–H groups in total. The standard InChI is InChI=1S/C21H32O/c1-4-14-5-7-18-17-8-6-15-12-16(22)9-10-21(15,3)19(17)11-13(2)20(14)18/h4,13,15,17-20H,5-12H2,1-3H3/t13-,15?,17?,18?,19?,20?,21+/m1/s1. The maximum absolute atomic E-state index is 11.9. The van der Waals surface area contributed by atoms with Crippen molar-refractivity contribution >= 4 is 5.78 Å². The summed E-state index contributed by atoms with van der Waals surface area (Å²) in [5, 5.41) is 0. The van der Waals surface area contributed by atoms with Crippen LogP contribution in [-0.4, -0.2) is 5.78 Å². The summed E-state index contributed by atoms with van der Waals surface area (Å²) in [4.78, 5) is 11.9. The predicted molar refractivity (Wildman–Crippen MR) is 90.4 cm³/mol. The van der Waals surface area contributed by atoms with Crippen molar-refractivity contribution in [1.29, 1.82) is 0 Å². The summed E-state index contributed by atoms with van der Waals surface area (Å²) in [7, 11) is 0. The summed E-state index contributed by atoms with van der Waals surface area (Å²) in [5.41, 5.74) is 2.23. The molecule has 4 fully saturated rings. The van der Waals surface area contributed by atoms with E-state index < -0.39 is 0 Å². The topological polar surface area (TPSA) is 17.1 Å². The van der Waals surface area contributed by atoms with Gasteiger partial charge in [0.05, 0.1) is 0 Å². The minimum Gasteiger partial charge on any atom is -0.300 e. The molecular formula is C21H32O. The fraction of sp³-hybridized carbons (Fsp3) is 0.857. The van der Waals surface area contributed by atoms with Crippen LogP contribution in [0.5, 0.6) is 0 Å². The van der Waals surface area contributed by atoms with Gasteiger partial charge in [0, 0.05) is 12.8 Å². The third-order valence-electron chi connectivity index (χ3n) is 8.38. The molecule has 0 aliphatic heterocycles. The summed E-state index contributed by atoms with van der Waals surface area (Å²) in [6.45, 7) is 7.32. The van der Waals surface area contributed by atoms with Crippen LogP contribution in [0.15, 0.2) is 11.6 Å². The van der Waals surface area contributed by atoms with Crippen LogP contribution in [0.4, 0.5) is 0 Å². The van der Waals surface area contributed by atoms with Gasteiger partial charge < -0.3 is 0 Å². The highest BCUT2D eigenvalue weighted by Gasteiger charge is 2.57. The van der Waals surface area contributed by atoms with Crippen LogP contribution in [-0.2, 0) is 4.79 Å². The molecule has 0 spiro atoms. The number of carbonyl (C=O) groups excluding carboxylic acids is 1. The van der Waals surface area contributed by atoms with Crippen LogP contribution in [0, 0.1) is 40.9 Å². The zero-order valence-corrected chi connectivity index (χ0v) is 14.6. The zero-order valence-electron chi connectivity index (χ0n) is 14.6. The first-order valence-electron chi connectivity index (χ1n) is 9.71. The molecule has 0 aromatic carbocycles. The van der Waals surface area contributed by atoms with Crippen molar-refractivity contribution in [3.63, 3.8) is 0 Å². The molecule has 4 aliphatic carbocycles. The van der Waals surface area contributed by atoms with Crippen LogP contribution < -0.4 is 0 Å². The van der Waals surface area contributed by atoms with Crippen molar-refractivity contribution in [3.8, 4) is 0 Å². The summed E-state index contributed by atoms with van der Waals surface area (Å²) >= 11 is 0. The molecule has 1 heteroatoms. The van der Waals surface area contributed by atoms with E-state index >= 15 is 0 Å². The molecule has 0 bridgehead atoms. The van der Waals surface area contributed by atoms with Gasteiger partial charge in [-0.25, -0.2) is 0 Å². The van der Waals surface area contributed by atoms with E-state index in [1.54, 1.807) is 5.57 Å². The molecule has 0 heterocycles. The lowest BCUT2D eigenvalue weighted by Gasteiger charge is -2.59. The highest BCUT2D eigenvalue weighted by atomic mass is 16.1. The highest BCUT2D eigenvalue weighted by Crippen LogP contribution is 2.64. The van der Waals surface area contributed by atoms with E-state index in [1.165, 1.54) is 38.5 Å². The van der Waals surface area contributed by atoms with Crippen LogP contribution in [0.25, 0.3) is 0 Å². The first kappa shape index (κ1) is 15.0. The molecule has 5 unspecified atom stereocenters. The van der Waals surface area contributed by atoms with Gasteiger partial charge in [0.1, 0.15) is 5.78 Å². The Hall–Kier alpha value is -0.590. The second-order valence-electron chi connectivity index (χ2n) is 9.10. The Kier molecular flexibility index (Phi) is 3.55. The van der Waals surface area contributed by atoms with Crippen molar-refractivity contribution < 1.29 is 4.79 Å². The van der Waals surface area contributed by atoms with Gasteiger partial charge in [-0.05, 0) is 86.4 Å². The van der Waals surface area contributed by atoms with Crippen molar-refractivity contribution in [3.05, 3.63) is 11.6 Å². The van der Waals surface area contributed by atoms with Crippen LogP contribution in [0.1, 0.15) is 72.1 Å². The quantitative estimate of drug-likeness (QED) is 0.547. The van der Waals surface area contributed by atoms with E-state index in [0.717, 1.165) is 42.4 Å². The van der Waals surface area contributed by atoms with Crippen LogP contribution in [0.2, 0.25) is 0 Å². The van der Waals surface area contributed by atoms with Gasteiger partial charge in [-0.3, -0.25) is 4.79 Å². The molecule has 0 radical (unpaired) electrons. The van der Waals surface area contributed by atoms with Gasteiger partial charge in [-0.2, -0.15) is 0 Å². The van der Waals surface area contributed by atoms with Gasteiger partial charge in [-0.1, -0.05) is 25.5 Å². The van der Waals surface area contributed by atoms with Crippen molar-refractivity contribution in [2.45, 2.75) is 72.1 Å². The minimum atomic E-state index is 0.467. The van der Waals surface area contributed by atoms with E-state index in [2.05, 4.69) is 26.8 Å². The first-order chi connectivity index (χ1) is 10.5. The van der Waals surface area contributed by atoms with Gasteiger partial charge in [0.25, 0.3) is 0 Å². The van der Waals surface area contributed by atoms with E-state index in [4.69, 9.17) is 0 Å². The largest absolute Gasteiger partial charge is 0.300 e. The molecule has 122 valence electrons. The molecule has 1 nitrogen and oxygen atoms in total. The summed E-state index contributed by atoms with van der Waals surface area (Å²) < 4.78 is 0. The lowest BCUT2D eigenvalue weighted by atomic mass is 9.46. The molecule has 4 saturated carbocycles. The van der Waals surface area contributed by atoms with Crippen molar-refractivity contribution in [2.75, 3.05) is 0 Å². The number of hydrogen-bond donors (Lipinski definition) is 0. The Morgan fingerprint density at radius 1 is 1.14 bits per heavy atom. The smallest absolute Gasteiger partial charge is 0.133 e. The van der Waals surface area contributed by atoms with E-state index in [1.807, 2.05) is 0 Å². The number of ketones is 1. The maximum Gasteiger partial charge on any atom is 0.133 e. The first-order valence-corrected chi connectivity index (χ1v) is 9.71. The number of fused-ring (bicyclic) bond motifs is 5. The lowest BCUT2D eigenvalue weighted by molar-refractivity contribution is -0.136. The van der Waals surface area contributed by atoms with Crippen molar-refractivity contribution in [2.24, 2.45) is 40.9 Å². The normalized spacial score (nSPS) is 53.0. The number of allylic oxidation sites excluding steroid dienone is 2. The summed E-state index contributed by atoms with van der Waals surface area (Å²) in [6.07, 6.45) is 12.3. The Labute approximate surface area is 135 Å². The second-order valence-corrected chi connectivity index (χ2v) is 9.10. The zero-order chi connectivity index (χ0) is 15.5. The Bertz CT molecular complexity index is 504. The number of carbonyl (C=O) groups is 1. The Balaban J connectivity index is 1.65. The molecule has 0 amide bonds. The summed E-state index contributed by atoms with van der Waals surface area (Å²) in [5.74, 6) is 5.78. The number of rotatable bonds is 0. The minimum absolute atomic E-state index is 0.467.